The summed E-state index contributed by atoms with van der Waals surface area (Å²) >= 11 is 3.34. The first-order valence-electron chi connectivity index (χ1n) is 4.89. The van der Waals surface area contributed by atoms with E-state index in [0.717, 1.165) is 10.0 Å². The van der Waals surface area contributed by atoms with Crippen LogP contribution < -0.4 is 10.6 Å². The Kier molecular flexibility index (Phi) is 2.86. The molecule has 0 bridgehead atoms. The molecular weight excluding hydrogens is 274 g/mol. The fourth-order valence-electron chi connectivity index (χ4n) is 1.83. The van der Waals surface area contributed by atoms with Crippen LogP contribution in [0.2, 0.25) is 0 Å². The Morgan fingerprint density at radius 3 is 2.94 bits per heavy atom. The van der Waals surface area contributed by atoms with Crippen molar-refractivity contribution in [3.8, 4) is 0 Å². The Morgan fingerprint density at radius 1 is 1.69 bits per heavy atom. The van der Waals surface area contributed by atoms with Crippen LogP contribution in [0.3, 0.4) is 0 Å². The quantitative estimate of drug-likeness (QED) is 0.801. The van der Waals surface area contributed by atoms with Crippen molar-refractivity contribution >= 4 is 33.3 Å². The minimum atomic E-state index is -0.620. The topological polar surface area (TPSA) is 79.4 Å². The van der Waals surface area contributed by atoms with Gasteiger partial charge in [0.2, 0.25) is 5.91 Å². The average molecular weight is 286 g/mol. The van der Waals surface area contributed by atoms with Crippen LogP contribution in [0.25, 0.3) is 0 Å². The van der Waals surface area contributed by atoms with E-state index < -0.39 is 6.10 Å². The molecule has 1 fully saturated rings. The normalized spacial score (nSPS) is 20.6. The smallest absolute Gasteiger partial charge is 0.229 e. The van der Waals surface area contributed by atoms with Crippen LogP contribution >= 0.6 is 15.9 Å². The van der Waals surface area contributed by atoms with Gasteiger partial charge in [-0.05, 0) is 28.4 Å². The maximum absolute atomic E-state index is 11.7. The van der Waals surface area contributed by atoms with Gasteiger partial charge in [-0.15, -0.1) is 0 Å². The van der Waals surface area contributed by atoms with Crippen LogP contribution in [-0.2, 0) is 4.79 Å². The molecule has 1 aromatic heterocycles. The number of carbonyl (C=O) groups is 1. The second-order valence-electron chi connectivity index (χ2n) is 3.83. The van der Waals surface area contributed by atoms with Gasteiger partial charge in [-0.2, -0.15) is 0 Å². The molecule has 1 saturated heterocycles. The minimum Gasteiger partial charge on any atom is -0.391 e. The molecule has 1 atom stereocenters. The molecule has 0 aromatic carbocycles. The predicted octanol–water partition coefficient (Wildman–Crippen LogP) is 0.832. The summed E-state index contributed by atoms with van der Waals surface area (Å²) in [6, 6.07) is 0. The zero-order valence-corrected chi connectivity index (χ0v) is 10.4. The fraction of sp³-hybridized carbons (Fsp3) is 0.400. The van der Waals surface area contributed by atoms with E-state index in [2.05, 4.69) is 20.9 Å². The Balaban J connectivity index is 2.48. The molecule has 2 rings (SSSR count). The molecule has 0 spiro atoms. The van der Waals surface area contributed by atoms with Gasteiger partial charge in [0.25, 0.3) is 0 Å². The van der Waals surface area contributed by atoms with Crippen LogP contribution in [0, 0.1) is 6.92 Å². The van der Waals surface area contributed by atoms with Crippen molar-refractivity contribution in [2.24, 2.45) is 0 Å². The number of aliphatic hydroxyl groups is 1. The number of rotatable bonds is 1. The third-order valence-electron chi connectivity index (χ3n) is 2.65. The Morgan fingerprint density at radius 2 is 2.38 bits per heavy atom. The van der Waals surface area contributed by atoms with E-state index in [1.165, 1.54) is 4.90 Å². The third kappa shape index (κ3) is 1.78. The summed E-state index contributed by atoms with van der Waals surface area (Å²) in [4.78, 5) is 17.2. The van der Waals surface area contributed by atoms with Crippen LogP contribution in [0.5, 0.6) is 0 Å². The lowest BCUT2D eigenvalue weighted by Crippen LogP contribution is -2.27. The second-order valence-corrected chi connectivity index (χ2v) is 4.68. The van der Waals surface area contributed by atoms with Gasteiger partial charge in [-0.25, -0.2) is 4.98 Å². The number of aromatic nitrogens is 1. The van der Waals surface area contributed by atoms with Crippen molar-refractivity contribution in [2.75, 3.05) is 17.2 Å². The van der Waals surface area contributed by atoms with Gasteiger partial charge in [-0.1, -0.05) is 0 Å². The van der Waals surface area contributed by atoms with E-state index in [4.69, 9.17) is 5.73 Å². The number of hydrogen-bond acceptors (Lipinski definition) is 4. The monoisotopic (exact) mass is 285 g/mol. The summed E-state index contributed by atoms with van der Waals surface area (Å²) in [6.45, 7) is 2.14. The summed E-state index contributed by atoms with van der Waals surface area (Å²) in [5.41, 5.74) is 7.22. The van der Waals surface area contributed by atoms with E-state index in [1.54, 1.807) is 6.20 Å². The first-order chi connectivity index (χ1) is 7.50. The zero-order chi connectivity index (χ0) is 11.9. The molecule has 2 heterocycles. The van der Waals surface area contributed by atoms with Gasteiger partial charge >= 0.3 is 0 Å². The number of carbonyl (C=O) groups excluding carboxylic acids is 1. The van der Waals surface area contributed by atoms with Crippen LogP contribution in [-0.4, -0.2) is 28.6 Å². The molecule has 1 aliphatic heterocycles. The molecule has 5 nitrogen and oxygen atoms in total. The van der Waals surface area contributed by atoms with E-state index in [0.29, 0.717) is 11.5 Å². The number of aliphatic hydroxyl groups excluding tert-OH is 1. The summed E-state index contributed by atoms with van der Waals surface area (Å²) in [7, 11) is 0. The predicted molar refractivity (Wildman–Crippen MR) is 64.1 cm³/mol. The highest BCUT2D eigenvalue weighted by atomic mass is 79.9. The fourth-order valence-corrected chi connectivity index (χ4v) is 2.13. The molecule has 86 valence electrons. The van der Waals surface area contributed by atoms with Gasteiger partial charge < -0.3 is 15.7 Å². The maximum atomic E-state index is 11.7. The van der Waals surface area contributed by atoms with Crippen molar-refractivity contribution in [3.05, 3.63) is 16.2 Å². The molecule has 1 unspecified atom stereocenters. The average Bonchev–Trinajstić information content (AvgIpc) is 2.53. The number of pyridine rings is 1. The lowest BCUT2D eigenvalue weighted by atomic mass is 10.2. The summed E-state index contributed by atoms with van der Waals surface area (Å²) in [5, 5.41) is 9.45. The van der Waals surface area contributed by atoms with E-state index >= 15 is 0 Å². The molecule has 1 aromatic rings. The minimum absolute atomic E-state index is 0.123. The van der Waals surface area contributed by atoms with Gasteiger partial charge in [-0.3, -0.25) is 4.79 Å². The molecular formula is C10H12BrN3O2. The number of amides is 1. The number of nitrogens with two attached hydrogens (primary N) is 1. The van der Waals surface area contributed by atoms with Gasteiger partial charge in [0.15, 0.2) is 0 Å². The van der Waals surface area contributed by atoms with E-state index in [-0.39, 0.29) is 18.9 Å². The number of β-amino-alcohol motifs (C(OH)–C–C–N with tert-alkyl or cyclic N) is 1. The Bertz CT molecular complexity index is 450. The lowest BCUT2D eigenvalue weighted by Gasteiger charge is -2.20. The molecule has 6 heteroatoms. The number of nitrogens with zero attached hydrogens (tertiary/aromatic N) is 2. The van der Waals surface area contributed by atoms with Crippen LogP contribution in [0.4, 0.5) is 11.5 Å². The molecule has 0 aliphatic carbocycles. The summed E-state index contributed by atoms with van der Waals surface area (Å²) in [6.07, 6.45) is 1.13. The zero-order valence-electron chi connectivity index (χ0n) is 8.77. The standard InChI is InChI=1S/C10H12BrN3O2/c1-5-7(11)3-13-10(12)9(5)14-4-6(15)2-8(14)16/h3,6,15H,2,4H2,1H3,(H2,12,13). The molecule has 1 amide bonds. The number of nitrogen functional groups attached to an aromatic ring is 1. The molecule has 1 aliphatic rings. The van der Waals surface area contributed by atoms with Crippen molar-refractivity contribution in [3.63, 3.8) is 0 Å². The van der Waals surface area contributed by atoms with E-state index in [9.17, 15) is 9.90 Å². The highest BCUT2D eigenvalue weighted by Crippen LogP contribution is 2.33. The van der Waals surface area contributed by atoms with Crippen molar-refractivity contribution in [1.29, 1.82) is 0 Å². The lowest BCUT2D eigenvalue weighted by molar-refractivity contribution is -0.117. The summed E-state index contributed by atoms with van der Waals surface area (Å²) in [5.74, 6) is 0.186. The molecule has 0 radical (unpaired) electrons. The van der Waals surface area contributed by atoms with Gasteiger partial charge in [0, 0.05) is 10.7 Å². The molecule has 16 heavy (non-hydrogen) atoms. The van der Waals surface area contributed by atoms with Gasteiger partial charge in [0.1, 0.15) is 5.82 Å². The van der Waals surface area contributed by atoms with Crippen molar-refractivity contribution in [2.45, 2.75) is 19.4 Å². The van der Waals surface area contributed by atoms with Crippen molar-refractivity contribution in [1.82, 2.24) is 4.98 Å². The van der Waals surface area contributed by atoms with Crippen LogP contribution in [0.1, 0.15) is 12.0 Å². The number of anilines is 2. The number of hydrogen-bond donors (Lipinski definition) is 2. The third-order valence-corrected chi connectivity index (χ3v) is 3.45. The molecule has 0 saturated carbocycles. The van der Waals surface area contributed by atoms with Crippen molar-refractivity contribution < 1.29 is 9.90 Å². The summed E-state index contributed by atoms with van der Waals surface area (Å²) < 4.78 is 0.797. The first kappa shape index (κ1) is 11.3. The Labute approximate surface area is 101 Å². The Hall–Kier alpha value is -1.14. The highest BCUT2D eigenvalue weighted by molar-refractivity contribution is 9.10. The second kappa shape index (κ2) is 4.03. The SMILES string of the molecule is Cc1c(Br)cnc(N)c1N1CC(O)CC1=O. The first-order valence-corrected chi connectivity index (χ1v) is 5.69. The van der Waals surface area contributed by atoms with E-state index in [1.807, 2.05) is 6.92 Å². The maximum Gasteiger partial charge on any atom is 0.229 e. The highest BCUT2D eigenvalue weighted by Gasteiger charge is 2.31. The van der Waals surface area contributed by atoms with Gasteiger partial charge in [0.05, 0.1) is 24.8 Å². The number of halogens is 1. The largest absolute Gasteiger partial charge is 0.391 e. The molecule has 3 N–H and O–H groups in total. The van der Waals surface area contributed by atoms with Crippen LogP contribution in [0.15, 0.2) is 10.7 Å².